The maximum absolute atomic E-state index is 12.4. The first-order chi connectivity index (χ1) is 12.3. The number of ketones is 1. The number of carbonyl (C=O) groups excluding carboxylic acids is 3. The van der Waals surface area contributed by atoms with Crippen molar-refractivity contribution in [2.45, 2.75) is 26.8 Å². The van der Waals surface area contributed by atoms with E-state index in [9.17, 15) is 14.4 Å². The number of rotatable bonds is 7. The fraction of sp³-hybridized carbons (Fsp3) is 0.316. The lowest BCUT2D eigenvalue weighted by molar-refractivity contribution is -0.145. The number of aryl methyl sites for hydroxylation is 1. The molecule has 1 aromatic carbocycles. The number of hydrogen-bond donors (Lipinski definition) is 1. The Morgan fingerprint density at radius 3 is 2.42 bits per heavy atom. The van der Waals surface area contributed by atoms with E-state index in [0.717, 1.165) is 16.9 Å². The van der Waals surface area contributed by atoms with E-state index in [1.165, 1.54) is 0 Å². The lowest BCUT2D eigenvalue weighted by atomic mass is 10.0. The molecule has 0 spiro atoms. The average molecular weight is 394 g/mol. The van der Waals surface area contributed by atoms with Crippen LogP contribution in [0.3, 0.4) is 0 Å². The summed E-state index contributed by atoms with van der Waals surface area (Å²) >= 11 is 6.93. The molecule has 1 unspecified atom stereocenters. The summed E-state index contributed by atoms with van der Waals surface area (Å²) in [6.07, 6.45) is 0. The first kappa shape index (κ1) is 20.1. The molecular weight excluding hydrogens is 374 g/mol. The summed E-state index contributed by atoms with van der Waals surface area (Å²) in [4.78, 5) is 37.3. The van der Waals surface area contributed by atoms with E-state index in [1.807, 2.05) is 19.1 Å². The van der Waals surface area contributed by atoms with Crippen molar-refractivity contribution in [3.63, 3.8) is 0 Å². The molecule has 0 aliphatic carbocycles. The molecule has 1 heterocycles. The number of esters is 1. The summed E-state index contributed by atoms with van der Waals surface area (Å²) in [7, 11) is 0. The zero-order valence-corrected chi connectivity index (χ0v) is 16.3. The van der Waals surface area contributed by atoms with Gasteiger partial charge in [0.25, 0.3) is 5.91 Å². The molecule has 0 saturated carbocycles. The van der Waals surface area contributed by atoms with E-state index >= 15 is 0 Å². The molecule has 1 atom stereocenters. The number of thiophene rings is 1. The van der Waals surface area contributed by atoms with Crippen LogP contribution in [0.2, 0.25) is 4.34 Å². The third-order valence-corrected chi connectivity index (χ3v) is 5.06. The van der Waals surface area contributed by atoms with Gasteiger partial charge in [0.15, 0.2) is 6.61 Å². The minimum absolute atomic E-state index is 0.193. The predicted octanol–water partition coefficient (Wildman–Crippen LogP) is 3.89. The number of halogens is 1. The molecule has 5 nitrogen and oxygen atoms in total. The Bertz CT molecular complexity index is 815. The van der Waals surface area contributed by atoms with Crippen LogP contribution >= 0.6 is 22.9 Å². The molecule has 7 heteroatoms. The van der Waals surface area contributed by atoms with Gasteiger partial charge in [0.05, 0.1) is 9.21 Å². The van der Waals surface area contributed by atoms with Crippen LogP contribution in [0.1, 0.15) is 39.4 Å². The van der Waals surface area contributed by atoms with Gasteiger partial charge in [-0.1, -0.05) is 43.6 Å². The average Bonchev–Trinajstić information content (AvgIpc) is 3.03. The maximum Gasteiger partial charge on any atom is 0.329 e. The number of carbonyl (C=O) groups is 3. The number of ether oxygens (including phenoxy) is 1. The monoisotopic (exact) mass is 393 g/mol. The molecule has 26 heavy (non-hydrogen) atoms. The van der Waals surface area contributed by atoms with Gasteiger partial charge in [-0.15, -0.1) is 11.3 Å². The Morgan fingerprint density at radius 1 is 1.15 bits per heavy atom. The number of benzene rings is 1. The largest absolute Gasteiger partial charge is 0.456 e. The van der Waals surface area contributed by atoms with Crippen LogP contribution in [0.25, 0.3) is 0 Å². The molecule has 1 N–H and O–H groups in total. The zero-order chi connectivity index (χ0) is 19.3. The van der Waals surface area contributed by atoms with Crippen molar-refractivity contribution in [3.8, 4) is 0 Å². The SMILES string of the molecule is Cc1ccccc1C(=O)NC(C(=O)OCC(=O)c1ccc(Cl)s1)C(C)C. The highest BCUT2D eigenvalue weighted by Gasteiger charge is 2.27. The van der Waals surface area contributed by atoms with Crippen LogP contribution in [0.5, 0.6) is 0 Å². The molecule has 138 valence electrons. The number of hydrogen-bond acceptors (Lipinski definition) is 5. The Labute approximate surface area is 161 Å². The quantitative estimate of drug-likeness (QED) is 0.572. The van der Waals surface area contributed by atoms with Crippen LogP contribution in [0.15, 0.2) is 36.4 Å². The van der Waals surface area contributed by atoms with Gasteiger partial charge in [-0.25, -0.2) is 4.79 Å². The van der Waals surface area contributed by atoms with E-state index in [1.54, 1.807) is 38.1 Å². The Morgan fingerprint density at radius 2 is 1.85 bits per heavy atom. The van der Waals surface area contributed by atoms with Gasteiger partial charge in [0, 0.05) is 5.56 Å². The predicted molar refractivity (Wildman–Crippen MR) is 102 cm³/mol. The van der Waals surface area contributed by atoms with Crippen LogP contribution < -0.4 is 5.32 Å². The molecule has 0 aliphatic rings. The van der Waals surface area contributed by atoms with Gasteiger partial charge < -0.3 is 10.1 Å². The van der Waals surface area contributed by atoms with Crippen LogP contribution in [0, 0.1) is 12.8 Å². The highest BCUT2D eigenvalue weighted by Crippen LogP contribution is 2.21. The molecule has 1 aromatic heterocycles. The van der Waals surface area contributed by atoms with E-state index in [-0.39, 0.29) is 24.2 Å². The topological polar surface area (TPSA) is 72.5 Å². The normalized spacial score (nSPS) is 11.9. The van der Waals surface area contributed by atoms with Gasteiger partial charge in [-0.2, -0.15) is 0 Å². The van der Waals surface area contributed by atoms with Crippen molar-refractivity contribution in [1.82, 2.24) is 5.32 Å². The molecule has 2 aromatic rings. The van der Waals surface area contributed by atoms with Crippen LogP contribution in [-0.2, 0) is 9.53 Å². The molecule has 0 fully saturated rings. The smallest absolute Gasteiger partial charge is 0.329 e. The molecule has 0 radical (unpaired) electrons. The fourth-order valence-corrected chi connectivity index (χ4v) is 3.27. The Balaban J connectivity index is 2.00. The third kappa shape index (κ3) is 5.16. The van der Waals surface area contributed by atoms with Crippen LogP contribution in [-0.4, -0.2) is 30.3 Å². The Kier molecular flexibility index (Phi) is 6.94. The standard InChI is InChI=1S/C19H20ClNO4S/c1-11(2)17(21-18(23)13-7-5-4-6-12(13)3)19(24)25-10-14(22)15-8-9-16(20)26-15/h4-9,11,17H,10H2,1-3H3,(H,21,23). The van der Waals surface area contributed by atoms with Gasteiger partial charge in [0.2, 0.25) is 5.78 Å². The molecule has 0 saturated heterocycles. The second-order valence-electron chi connectivity index (χ2n) is 6.14. The minimum atomic E-state index is -0.846. The molecule has 0 bridgehead atoms. The number of nitrogens with one attached hydrogen (secondary N) is 1. The zero-order valence-electron chi connectivity index (χ0n) is 14.7. The van der Waals surface area contributed by atoms with Gasteiger partial charge >= 0.3 is 5.97 Å². The highest BCUT2D eigenvalue weighted by atomic mass is 35.5. The van der Waals surface area contributed by atoms with E-state index in [0.29, 0.717) is 14.8 Å². The molecule has 1 amide bonds. The first-order valence-electron chi connectivity index (χ1n) is 8.11. The summed E-state index contributed by atoms with van der Waals surface area (Å²) in [5.41, 5.74) is 1.31. The number of Topliss-reactive ketones (excluding diaryl/α,β-unsaturated/α-hetero) is 1. The van der Waals surface area contributed by atoms with Crippen molar-refractivity contribution in [3.05, 3.63) is 56.7 Å². The van der Waals surface area contributed by atoms with Crippen molar-refractivity contribution >= 4 is 40.6 Å². The van der Waals surface area contributed by atoms with Gasteiger partial charge in [-0.05, 0) is 36.6 Å². The second-order valence-corrected chi connectivity index (χ2v) is 7.86. The van der Waals surface area contributed by atoms with Crippen molar-refractivity contribution in [2.24, 2.45) is 5.92 Å². The third-order valence-electron chi connectivity index (χ3n) is 3.79. The summed E-state index contributed by atoms with van der Waals surface area (Å²) in [6.45, 7) is 5.03. The van der Waals surface area contributed by atoms with E-state index < -0.39 is 12.0 Å². The van der Waals surface area contributed by atoms with E-state index in [2.05, 4.69) is 5.32 Å². The van der Waals surface area contributed by atoms with Crippen molar-refractivity contribution < 1.29 is 19.1 Å². The van der Waals surface area contributed by atoms with Crippen molar-refractivity contribution in [2.75, 3.05) is 6.61 Å². The molecule has 2 rings (SSSR count). The molecule has 0 aliphatic heterocycles. The van der Waals surface area contributed by atoms with Gasteiger partial charge in [0.1, 0.15) is 6.04 Å². The molecular formula is C19H20ClNO4S. The van der Waals surface area contributed by atoms with Crippen LogP contribution in [0.4, 0.5) is 0 Å². The van der Waals surface area contributed by atoms with E-state index in [4.69, 9.17) is 16.3 Å². The lowest BCUT2D eigenvalue weighted by Crippen LogP contribution is -2.45. The first-order valence-corrected chi connectivity index (χ1v) is 9.30. The lowest BCUT2D eigenvalue weighted by Gasteiger charge is -2.21. The minimum Gasteiger partial charge on any atom is -0.456 e. The maximum atomic E-state index is 12.4. The fourth-order valence-electron chi connectivity index (χ4n) is 2.31. The van der Waals surface area contributed by atoms with Crippen molar-refractivity contribution in [1.29, 1.82) is 0 Å². The Hall–Kier alpha value is -2.18. The van der Waals surface area contributed by atoms with Gasteiger partial charge in [-0.3, -0.25) is 9.59 Å². The summed E-state index contributed by atoms with van der Waals surface area (Å²) in [5, 5.41) is 2.70. The highest BCUT2D eigenvalue weighted by molar-refractivity contribution is 7.18. The summed E-state index contributed by atoms with van der Waals surface area (Å²) in [5.74, 6) is -1.52. The summed E-state index contributed by atoms with van der Waals surface area (Å²) < 4.78 is 5.61. The summed E-state index contributed by atoms with van der Waals surface area (Å²) in [6, 6.07) is 9.46. The number of amides is 1. The second kappa shape index (κ2) is 8.96.